The second kappa shape index (κ2) is 4.26. The molecule has 1 nitrogen and oxygen atoms in total. The predicted molar refractivity (Wildman–Crippen MR) is 44.5 cm³/mol. The Balaban J connectivity index is 2.19. The molecule has 0 bridgehead atoms. The van der Waals surface area contributed by atoms with Gasteiger partial charge in [-0.2, -0.15) is 0 Å². The van der Waals surface area contributed by atoms with Crippen LogP contribution in [-0.4, -0.2) is 6.21 Å². The van der Waals surface area contributed by atoms with Crippen molar-refractivity contribution in [1.29, 1.82) is 5.41 Å². The Morgan fingerprint density at radius 1 is 1.60 bits per heavy atom. The van der Waals surface area contributed by atoms with Crippen LogP contribution >= 0.6 is 0 Å². The van der Waals surface area contributed by atoms with Crippen LogP contribution in [0.5, 0.6) is 0 Å². The molecule has 10 heavy (non-hydrogen) atoms. The summed E-state index contributed by atoms with van der Waals surface area (Å²) in [6, 6.07) is 0. The highest BCUT2D eigenvalue weighted by molar-refractivity contribution is 5.52. The van der Waals surface area contributed by atoms with Gasteiger partial charge < -0.3 is 5.41 Å². The normalized spacial score (nSPS) is 24.6. The van der Waals surface area contributed by atoms with E-state index in [1.165, 1.54) is 31.9 Å². The lowest BCUT2D eigenvalue weighted by Crippen LogP contribution is -2.00. The number of allylic oxidation sites excluding steroid dienone is 2. The van der Waals surface area contributed by atoms with E-state index in [1.807, 2.05) is 0 Å². The first-order valence-electron chi connectivity index (χ1n) is 4.09. The van der Waals surface area contributed by atoms with Gasteiger partial charge in [0.25, 0.3) is 0 Å². The van der Waals surface area contributed by atoms with Gasteiger partial charge in [0.05, 0.1) is 0 Å². The Hall–Kier alpha value is -0.590. The van der Waals surface area contributed by atoms with Crippen LogP contribution < -0.4 is 0 Å². The molecule has 0 heterocycles. The van der Waals surface area contributed by atoms with Crippen molar-refractivity contribution >= 4 is 6.21 Å². The average molecular weight is 137 g/mol. The van der Waals surface area contributed by atoms with Crippen molar-refractivity contribution < 1.29 is 0 Å². The van der Waals surface area contributed by atoms with Gasteiger partial charge in [0.1, 0.15) is 0 Å². The van der Waals surface area contributed by atoms with E-state index >= 15 is 0 Å². The summed E-state index contributed by atoms with van der Waals surface area (Å²) in [6.45, 7) is 0. The van der Waals surface area contributed by atoms with E-state index < -0.39 is 0 Å². The molecule has 1 rings (SSSR count). The van der Waals surface area contributed by atoms with Crippen LogP contribution in [0.1, 0.15) is 32.1 Å². The van der Waals surface area contributed by atoms with Crippen LogP contribution in [0, 0.1) is 11.3 Å². The van der Waals surface area contributed by atoms with Crippen LogP contribution in [0.25, 0.3) is 0 Å². The molecule has 1 heteroatoms. The maximum absolute atomic E-state index is 6.87. The summed E-state index contributed by atoms with van der Waals surface area (Å²) in [4.78, 5) is 0. The summed E-state index contributed by atoms with van der Waals surface area (Å²) in [6.07, 6.45) is 12.2. The number of nitrogens with one attached hydrogen (secondary N) is 1. The molecule has 1 atom stereocenters. The van der Waals surface area contributed by atoms with Gasteiger partial charge in [-0.1, -0.05) is 12.2 Å². The smallest absolute Gasteiger partial charge is 0.00475 e. The van der Waals surface area contributed by atoms with Crippen molar-refractivity contribution in [3.63, 3.8) is 0 Å². The topological polar surface area (TPSA) is 23.9 Å². The molecule has 0 saturated carbocycles. The minimum Gasteiger partial charge on any atom is -0.313 e. The monoisotopic (exact) mass is 137 g/mol. The third-order valence-corrected chi connectivity index (χ3v) is 2.04. The van der Waals surface area contributed by atoms with Gasteiger partial charge in [-0.05, 0) is 44.2 Å². The van der Waals surface area contributed by atoms with E-state index in [1.54, 1.807) is 0 Å². The fraction of sp³-hybridized carbons (Fsp3) is 0.667. The van der Waals surface area contributed by atoms with E-state index in [4.69, 9.17) is 5.41 Å². The van der Waals surface area contributed by atoms with E-state index in [0.717, 1.165) is 12.3 Å². The Kier molecular flexibility index (Phi) is 3.20. The first-order valence-corrected chi connectivity index (χ1v) is 4.09. The molecule has 1 aliphatic carbocycles. The quantitative estimate of drug-likeness (QED) is 0.457. The van der Waals surface area contributed by atoms with Gasteiger partial charge in [-0.15, -0.1) is 0 Å². The van der Waals surface area contributed by atoms with Crippen LogP contribution in [0.2, 0.25) is 0 Å². The van der Waals surface area contributed by atoms with Crippen LogP contribution in [0.4, 0.5) is 0 Å². The lowest BCUT2D eigenvalue weighted by molar-refractivity contribution is 0.516. The predicted octanol–water partition coefficient (Wildman–Crippen LogP) is 2.77. The highest BCUT2D eigenvalue weighted by Gasteiger charge is 2.05. The Labute approximate surface area is 62.6 Å². The third kappa shape index (κ3) is 2.34. The summed E-state index contributed by atoms with van der Waals surface area (Å²) < 4.78 is 0. The van der Waals surface area contributed by atoms with Gasteiger partial charge in [0.15, 0.2) is 0 Å². The number of hydrogen-bond donors (Lipinski definition) is 1. The first kappa shape index (κ1) is 7.52. The number of hydrogen-bond acceptors (Lipinski definition) is 1. The van der Waals surface area contributed by atoms with Crippen molar-refractivity contribution in [3.8, 4) is 0 Å². The summed E-state index contributed by atoms with van der Waals surface area (Å²) >= 11 is 0. The van der Waals surface area contributed by atoms with Gasteiger partial charge in [0.2, 0.25) is 0 Å². The van der Waals surface area contributed by atoms with Gasteiger partial charge in [-0.25, -0.2) is 0 Å². The zero-order valence-electron chi connectivity index (χ0n) is 6.34. The molecule has 0 aromatic heterocycles. The molecule has 0 aromatic rings. The van der Waals surface area contributed by atoms with Crippen LogP contribution in [0.15, 0.2) is 12.2 Å². The minimum absolute atomic E-state index is 0.773. The first-order chi connectivity index (χ1) is 4.93. The largest absolute Gasteiger partial charge is 0.313 e. The van der Waals surface area contributed by atoms with Gasteiger partial charge in [-0.3, -0.25) is 0 Å². The molecule has 1 N–H and O–H groups in total. The highest BCUT2D eigenvalue weighted by Crippen LogP contribution is 2.20. The summed E-state index contributed by atoms with van der Waals surface area (Å²) in [5, 5.41) is 6.87. The molecule has 0 aromatic carbocycles. The minimum atomic E-state index is 0.773. The van der Waals surface area contributed by atoms with Crippen molar-refractivity contribution in [3.05, 3.63) is 12.2 Å². The van der Waals surface area contributed by atoms with Gasteiger partial charge in [0, 0.05) is 0 Å². The molecule has 1 unspecified atom stereocenters. The molecule has 0 radical (unpaired) electrons. The molecular formula is C9H15N. The molecule has 0 amide bonds. The molecule has 0 saturated heterocycles. The van der Waals surface area contributed by atoms with E-state index in [2.05, 4.69) is 12.2 Å². The SMILES string of the molecule is N=CCCC1C=CCCC1. The standard InChI is InChI=1S/C9H15N/c10-8-4-7-9-5-2-1-3-6-9/h2,5,8-10H,1,3-4,6-7H2. The Morgan fingerprint density at radius 3 is 3.10 bits per heavy atom. The molecule has 1 aliphatic rings. The van der Waals surface area contributed by atoms with Crippen molar-refractivity contribution in [2.24, 2.45) is 5.92 Å². The summed E-state index contributed by atoms with van der Waals surface area (Å²) in [5.74, 6) is 0.773. The van der Waals surface area contributed by atoms with Crippen LogP contribution in [0.3, 0.4) is 0 Å². The molecular weight excluding hydrogens is 122 g/mol. The summed E-state index contributed by atoms with van der Waals surface area (Å²) in [7, 11) is 0. The third-order valence-electron chi connectivity index (χ3n) is 2.04. The van der Waals surface area contributed by atoms with Gasteiger partial charge >= 0.3 is 0 Å². The Bertz CT molecular complexity index is 127. The van der Waals surface area contributed by atoms with E-state index in [0.29, 0.717) is 0 Å². The highest BCUT2D eigenvalue weighted by atomic mass is 14.3. The van der Waals surface area contributed by atoms with Crippen molar-refractivity contribution in [1.82, 2.24) is 0 Å². The average Bonchev–Trinajstić information content (AvgIpc) is 2.03. The molecule has 0 spiro atoms. The maximum atomic E-state index is 6.87. The Morgan fingerprint density at radius 2 is 2.50 bits per heavy atom. The molecule has 0 fully saturated rings. The lowest BCUT2D eigenvalue weighted by Gasteiger charge is -2.14. The molecule has 0 aliphatic heterocycles. The second-order valence-electron chi connectivity index (χ2n) is 2.90. The second-order valence-corrected chi connectivity index (χ2v) is 2.90. The van der Waals surface area contributed by atoms with Crippen LogP contribution in [-0.2, 0) is 0 Å². The number of rotatable bonds is 3. The fourth-order valence-electron chi connectivity index (χ4n) is 1.42. The molecule has 56 valence electrons. The van der Waals surface area contributed by atoms with Crippen molar-refractivity contribution in [2.45, 2.75) is 32.1 Å². The maximum Gasteiger partial charge on any atom is -0.00475 e. The lowest BCUT2D eigenvalue weighted by atomic mass is 9.92. The van der Waals surface area contributed by atoms with Crippen molar-refractivity contribution in [2.75, 3.05) is 0 Å². The summed E-state index contributed by atoms with van der Waals surface area (Å²) in [5.41, 5.74) is 0. The fourth-order valence-corrected chi connectivity index (χ4v) is 1.42. The van der Waals surface area contributed by atoms with E-state index in [-0.39, 0.29) is 0 Å². The van der Waals surface area contributed by atoms with E-state index in [9.17, 15) is 0 Å². The zero-order chi connectivity index (χ0) is 7.23. The zero-order valence-corrected chi connectivity index (χ0v) is 6.34.